The first-order valence-electron chi connectivity index (χ1n) is 10.1. The summed E-state index contributed by atoms with van der Waals surface area (Å²) in [6, 6.07) is 8.17. The quantitative estimate of drug-likeness (QED) is 0.783. The molecule has 1 fully saturated rings. The second kappa shape index (κ2) is 8.96. The second-order valence-corrected chi connectivity index (χ2v) is 9.69. The fourth-order valence-corrected chi connectivity index (χ4v) is 5.51. The zero-order chi connectivity index (χ0) is 21.2. The van der Waals surface area contributed by atoms with Gasteiger partial charge in [-0.2, -0.15) is 0 Å². The lowest BCUT2D eigenvalue weighted by Gasteiger charge is -2.26. The molecule has 0 amide bonds. The molecule has 1 N–H and O–H groups in total. The molecule has 0 radical (unpaired) electrons. The van der Waals surface area contributed by atoms with E-state index in [9.17, 15) is 8.42 Å². The molecular formula is C23H32N2O3S. The maximum atomic E-state index is 13.1. The Morgan fingerprint density at radius 1 is 0.828 bits per heavy atom. The summed E-state index contributed by atoms with van der Waals surface area (Å²) in [5.41, 5.74) is 7.10. The molecular weight excluding hydrogens is 384 g/mol. The lowest BCUT2D eigenvalue weighted by atomic mass is 9.95. The normalized spacial score (nSPS) is 15.6. The van der Waals surface area contributed by atoms with Gasteiger partial charge in [0, 0.05) is 26.2 Å². The summed E-state index contributed by atoms with van der Waals surface area (Å²) in [5, 5.41) is 0. The van der Waals surface area contributed by atoms with Gasteiger partial charge in [-0.15, -0.1) is 0 Å². The molecule has 6 heteroatoms. The van der Waals surface area contributed by atoms with Crippen molar-refractivity contribution in [1.82, 2.24) is 9.62 Å². The Morgan fingerprint density at radius 3 is 1.86 bits per heavy atom. The number of hydrogen-bond donors (Lipinski definition) is 1. The summed E-state index contributed by atoms with van der Waals surface area (Å²) in [6.45, 7) is 14.5. The van der Waals surface area contributed by atoms with Gasteiger partial charge in [0.2, 0.25) is 10.0 Å². The van der Waals surface area contributed by atoms with Crippen LogP contribution in [-0.4, -0.2) is 39.6 Å². The zero-order valence-corrected chi connectivity index (χ0v) is 18.9. The van der Waals surface area contributed by atoms with E-state index >= 15 is 0 Å². The van der Waals surface area contributed by atoms with Crippen molar-refractivity contribution in [2.75, 3.05) is 26.3 Å². The highest BCUT2D eigenvalue weighted by molar-refractivity contribution is 7.89. The van der Waals surface area contributed by atoms with Gasteiger partial charge in [0.05, 0.1) is 18.1 Å². The number of hydrogen-bond acceptors (Lipinski definition) is 4. The number of rotatable bonds is 6. The molecule has 3 rings (SSSR count). The van der Waals surface area contributed by atoms with Gasteiger partial charge >= 0.3 is 0 Å². The molecule has 1 aliphatic heterocycles. The van der Waals surface area contributed by atoms with Gasteiger partial charge in [0.1, 0.15) is 0 Å². The summed E-state index contributed by atoms with van der Waals surface area (Å²) in [5.74, 6) is 0. The number of sulfonamides is 1. The molecule has 0 atom stereocenters. The Morgan fingerprint density at radius 2 is 1.31 bits per heavy atom. The van der Waals surface area contributed by atoms with E-state index in [1.807, 2.05) is 46.8 Å². The van der Waals surface area contributed by atoms with E-state index in [0.29, 0.717) is 4.90 Å². The first-order chi connectivity index (χ1) is 13.7. The van der Waals surface area contributed by atoms with E-state index in [1.54, 1.807) is 0 Å². The van der Waals surface area contributed by atoms with Crippen molar-refractivity contribution in [3.63, 3.8) is 0 Å². The van der Waals surface area contributed by atoms with Gasteiger partial charge in [-0.1, -0.05) is 24.3 Å². The Balaban J connectivity index is 1.71. The minimum Gasteiger partial charge on any atom is -0.379 e. The predicted octanol–water partition coefficient (Wildman–Crippen LogP) is 3.54. The van der Waals surface area contributed by atoms with Crippen LogP contribution in [0.3, 0.4) is 0 Å². The van der Waals surface area contributed by atoms with Gasteiger partial charge in [-0.3, -0.25) is 4.90 Å². The Bertz CT molecular complexity index is 947. The molecule has 5 nitrogen and oxygen atoms in total. The summed E-state index contributed by atoms with van der Waals surface area (Å²) in [4.78, 5) is 2.79. The maximum absolute atomic E-state index is 13.1. The zero-order valence-electron chi connectivity index (χ0n) is 18.1. The van der Waals surface area contributed by atoms with Crippen LogP contribution in [0.5, 0.6) is 0 Å². The van der Waals surface area contributed by atoms with Crippen molar-refractivity contribution < 1.29 is 13.2 Å². The Labute approximate surface area is 175 Å². The van der Waals surface area contributed by atoms with Gasteiger partial charge in [0.15, 0.2) is 0 Å². The monoisotopic (exact) mass is 416 g/mol. The number of nitrogens with zero attached hydrogens (tertiary/aromatic N) is 1. The standard InChI is InChI=1S/C23H32N2O3S/c1-16-17(2)19(4)23(20(5)18(16)3)29(26,27)24-14-21-6-8-22(9-7-21)15-25-10-12-28-13-11-25/h6-9,24H,10-15H2,1-5H3. The molecule has 2 aromatic carbocycles. The predicted molar refractivity (Wildman–Crippen MR) is 117 cm³/mol. The molecule has 158 valence electrons. The molecule has 1 aliphatic rings. The highest BCUT2D eigenvalue weighted by atomic mass is 32.2. The number of ether oxygens (including phenoxy) is 1. The number of benzene rings is 2. The van der Waals surface area contributed by atoms with Crippen LogP contribution in [0.4, 0.5) is 0 Å². The molecule has 1 saturated heterocycles. The second-order valence-electron chi connectivity index (χ2n) is 7.98. The van der Waals surface area contributed by atoms with Crippen LogP contribution in [0.1, 0.15) is 38.9 Å². The van der Waals surface area contributed by atoms with Crippen LogP contribution >= 0.6 is 0 Å². The van der Waals surface area contributed by atoms with Crippen LogP contribution in [0.2, 0.25) is 0 Å². The molecule has 0 spiro atoms. The minimum atomic E-state index is -3.59. The molecule has 1 heterocycles. The third kappa shape index (κ3) is 4.89. The third-order valence-corrected chi connectivity index (χ3v) is 7.87. The number of nitrogens with one attached hydrogen (secondary N) is 1. The highest BCUT2D eigenvalue weighted by Crippen LogP contribution is 2.29. The lowest BCUT2D eigenvalue weighted by molar-refractivity contribution is 0.0342. The van der Waals surface area contributed by atoms with Crippen LogP contribution in [0, 0.1) is 34.6 Å². The van der Waals surface area contributed by atoms with Gasteiger partial charge in [0.25, 0.3) is 0 Å². The van der Waals surface area contributed by atoms with Crippen molar-refractivity contribution in [3.8, 4) is 0 Å². The first kappa shape index (κ1) is 22.0. The Kier molecular flexibility index (Phi) is 6.79. The minimum absolute atomic E-state index is 0.283. The summed E-state index contributed by atoms with van der Waals surface area (Å²) in [7, 11) is -3.59. The lowest BCUT2D eigenvalue weighted by Crippen LogP contribution is -2.35. The largest absolute Gasteiger partial charge is 0.379 e. The molecule has 0 aromatic heterocycles. The average molecular weight is 417 g/mol. The first-order valence-corrected chi connectivity index (χ1v) is 11.6. The highest BCUT2D eigenvalue weighted by Gasteiger charge is 2.23. The fraction of sp³-hybridized carbons (Fsp3) is 0.478. The van der Waals surface area contributed by atoms with Gasteiger partial charge in [-0.05, 0) is 73.6 Å². The van der Waals surface area contributed by atoms with E-state index in [1.165, 1.54) is 5.56 Å². The van der Waals surface area contributed by atoms with E-state index in [0.717, 1.165) is 66.2 Å². The van der Waals surface area contributed by atoms with Crippen molar-refractivity contribution in [3.05, 3.63) is 63.2 Å². The topological polar surface area (TPSA) is 58.6 Å². The molecule has 0 bridgehead atoms. The molecule has 0 unspecified atom stereocenters. The summed E-state index contributed by atoms with van der Waals surface area (Å²) >= 11 is 0. The molecule has 0 aliphatic carbocycles. The SMILES string of the molecule is Cc1c(C)c(C)c(S(=O)(=O)NCc2ccc(CN3CCOCC3)cc2)c(C)c1C. The summed E-state index contributed by atoms with van der Waals surface area (Å²) in [6.07, 6.45) is 0. The Hall–Kier alpha value is -1.73. The van der Waals surface area contributed by atoms with Crippen LogP contribution in [0.15, 0.2) is 29.2 Å². The van der Waals surface area contributed by atoms with Crippen LogP contribution in [0.25, 0.3) is 0 Å². The number of morpholine rings is 1. The van der Waals surface area contributed by atoms with E-state index < -0.39 is 10.0 Å². The van der Waals surface area contributed by atoms with Crippen LogP contribution in [-0.2, 0) is 27.8 Å². The van der Waals surface area contributed by atoms with Crippen LogP contribution < -0.4 is 4.72 Å². The van der Waals surface area contributed by atoms with E-state index in [-0.39, 0.29) is 6.54 Å². The maximum Gasteiger partial charge on any atom is 0.241 e. The smallest absolute Gasteiger partial charge is 0.241 e. The van der Waals surface area contributed by atoms with Gasteiger partial charge in [-0.25, -0.2) is 13.1 Å². The average Bonchev–Trinajstić information content (AvgIpc) is 2.71. The van der Waals surface area contributed by atoms with Gasteiger partial charge < -0.3 is 4.74 Å². The van der Waals surface area contributed by atoms with Crippen molar-refractivity contribution in [2.45, 2.75) is 52.6 Å². The van der Waals surface area contributed by atoms with E-state index in [4.69, 9.17) is 4.74 Å². The molecule has 2 aromatic rings. The fourth-order valence-electron chi connectivity index (χ4n) is 3.90. The molecule has 0 saturated carbocycles. The van der Waals surface area contributed by atoms with Crippen molar-refractivity contribution in [2.24, 2.45) is 0 Å². The summed E-state index contributed by atoms with van der Waals surface area (Å²) < 4.78 is 34.3. The molecule has 29 heavy (non-hydrogen) atoms. The van der Waals surface area contributed by atoms with Crippen molar-refractivity contribution >= 4 is 10.0 Å². The third-order valence-electron chi connectivity index (χ3n) is 6.20. The van der Waals surface area contributed by atoms with Crippen molar-refractivity contribution in [1.29, 1.82) is 0 Å². The van der Waals surface area contributed by atoms with E-state index in [2.05, 4.69) is 21.8 Å².